The van der Waals surface area contributed by atoms with Crippen LogP contribution in [0.5, 0.6) is 0 Å². The van der Waals surface area contributed by atoms with Crippen LogP contribution in [0.25, 0.3) is 0 Å². The lowest BCUT2D eigenvalue weighted by molar-refractivity contribution is -0.128. The lowest BCUT2D eigenvalue weighted by atomic mass is 9.77. The number of carbonyl (C=O) groups is 1. The predicted molar refractivity (Wildman–Crippen MR) is 100 cm³/mol. The number of amides is 1. The molecule has 0 saturated carbocycles. The molecule has 2 saturated heterocycles. The van der Waals surface area contributed by atoms with Crippen molar-refractivity contribution in [2.75, 3.05) is 19.6 Å². The maximum absolute atomic E-state index is 13.4. The summed E-state index contributed by atoms with van der Waals surface area (Å²) in [5.74, 6) is -1.11. The highest BCUT2D eigenvalue weighted by molar-refractivity contribution is 7.09. The van der Waals surface area contributed by atoms with Crippen molar-refractivity contribution in [3.05, 3.63) is 51.5 Å². The van der Waals surface area contributed by atoms with Crippen LogP contribution in [0.2, 0.25) is 0 Å². The average Bonchev–Trinajstić information content (AvgIpc) is 3.13. The monoisotopic (exact) mass is 391 g/mol. The molecule has 0 N–H and O–H groups in total. The Bertz CT molecular complexity index is 825. The number of aromatic nitrogens is 1. The Balaban J connectivity index is 1.36. The SMILES string of the molecule is Cc1nc(CN2CCC3(CC2)CC(=O)N(Cc2cc(F)cc(F)c2)C3)cs1. The van der Waals surface area contributed by atoms with E-state index < -0.39 is 11.6 Å². The molecule has 2 aromatic rings. The Morgan fingerprint density at radius 1 is 1.15 bits per heavy atom. The van der Waals surface area contributed by atoms with Gasteiger partial charge in [-0.1, -0.05) is 0 Å². The van der Waals surface area contributed by atoms with E-state index in [2.05, 4.69) is 15.3 Å². The number of hydrogen-bond donors (Lipinski definition) is 0. The van der Waals surface area contributed by atoms with Gasteiger partial charge in [0.2, 0.25) is 5.91 Å². The first kappa shape index (κ1) is 18.5. The molecule has 27 heavy (non-hydrogen) atoms. The van der Waals surface area contributed by atoms with Gasteiger partial charge < -0.3 is 4.90 Å². The largest absolute Gasteiger partial charge is 0.338 e. The molecule has 1 spiro atoms. The molecular formula is C20H23F2N3OS. The van der Waals surface area contributed by atoms with E-state index in [1.807, 2.05) is 6.92 Å². The molecule has 2 aliphatic rings. The molecule has 1 aromatic carbocycles. The molecule has 1 aromatic heterocycles. The Labute approximate surface area is 161 Å². The van der Waals surface area contributed by atoms with Crippen LogP contribution in [-0.4, -0.2) is 40.3 Å². The van der Waals surface area contributed by atoms with Crippen LogP contribution < -0.4 is 0 Å². The van der Waals surface area contributed by atoms with E-state index in [0.29, 0.717) is 18.5 Å². The lowest BCUT2D eigenvalue weighted by Crippen LogP contribution is -2.41. The minimum absolute atomic E-state index is 0.00254. The number of halogens is 2. The number of likely N-dealkylation sites (tertiary alicyclic amines) is 2. The van der Waals surface area contributed by atoms with Gasteiger partial charge in [0.25, 0.3) is 0 Å². The minimum atomic E-state index is -0.600. The number of thiazole rings is 1. The van der Waals surface area contributed by atoms with Crippen LogP contribution in [0.4, 0.5) is 8.78 Å². The summed E-state index contributed by atoms with van der Waals surface area (Å²) in [7, 11) is 0. The van der Waals surface area contributed by atoms with Gasteiger partial charge in [-0.2, -0.15) is 0 Å². The summed E-state index contributed by atoms with van der Waals surface area (Å²) in [6.45, 7) is 5.73. The van der Waals surface area contributed by atoms with Crippen molar-refractivity contribution in [2.45, 2.75) is 39.3 Å². The van der Waals surface area contributed by atoms with Crippen LogP contribution in [-0.2, 0) is 17.9 Å². The molecule has 2 aliphatic heterocycles. The van der Waals surface area contributed by atoms with Gasteiger partial charge in [0.1, 0.15) is 11.6 Å². The number of aryl methyl sites for hydroxylation is 1. The molecule has 0 unspecified atom stereocenters. The standard InChI is InChI=1S/C20H23F2N3OS/c1-14-23-18(12-27-14)11-24-4-2-20(3-5-24)9-19(26)25(13-20)10-15-6-16(21)8-17(22)7-15/h6-8,12H,2-5,9-11,13H2,1H3. The smallest absolute Gasteiger partial charge is 0.223 e. The van der Waals surface area contributed by atoms with E-state index in [1.54, 1.807) is 16.2 Å². The second-order valence-corrected chi connectivity index (χ2v) is 8.90. The third-order valence-electron chi connectivity index (χ3n) is 5.67. The van der Waals surface area contributed by atoms with Crippen molar-refractivity contribution < 1.29 is 13.6 Å². The van der Waals surface area contributed by atoms with Gasteiger partial charge >= 0.3 is 0 Å². The Morgan fingerprint density at radius 2 is 1.85 bits per heavy atom. The Morgan fingerprint density at radius 3 is 2.48 bits per heavy atom. The summed E-state index contributed by atoms with van der Waals surface area (Å²) in [5, 5.41) is 3.20. The normalized spacial score (nSPS) is 20.0. The predicted octanol–water partition coefficient (Wildman–Crippen LogP) is 3.74. The highest BCUT2D eigenvalue weighted by Crippen LogP contribution is 2.41. The van der Waals surface area contributed by atoms with Gasteiger partial charge in [0.05, 0.1) is 10.7 Å². The Hall–Kier alpha value is -1.86. The first-order chi connectivity index (χ1) is 12.9. The van der Waals surface area contributed by atoms with E-state index in [9.17, 15) is 13.6 Å². The highest BCUT2D eigenvalue weighted by atomic mass is 32.1. The first-order valence-corrected chi connectivity index (χ1v) is 10.1. The van der Waals surface area contributed by atoms with Crippen molar-refractivity contribution in [1.82, 2.24) is 14.8 Å². The van der Waals surface area contributed by atoms with Crippen LogP contribution in [0, 0.1) is 24.0 Å². The molecule has 4 rings (SSSR count). The number of hydrogen-bond acceptors (Lipinski definition) is 4. The maximum Gasteiger partial charge on any atom is 0.223 e. The molecule has 1 amide bonds. The fraction of sp³-hybridized carbons (Fsp3) is 0.500. The lowest BCUT2D eigenvalue weighted by Gasteiger charge is -2.38. The van der Waals surface area contributed by atoms with Gasteiger partial charge in [0, 0.05) is 37.5 Å². The first-order valence-electron chi connectivity index (χ1n) is 9.27. The van der Waals surface area contributed by atoms with E-state index in [4.69, 9.17) is 0 Å². The molecular weight excluding hydrogens is 368 g/mol. The fourth-order valence-corrected chi connectivity index (χ4v) is 4.88. The summed E-state index contributed by atoms with van der Waals surface area (Å²) >= 11 is 1.67. The van der Waals surface area contributed by atoms with Gasteiger partial charge in [-0.3, -0.25) is 9.69 Å². The molecule has 144 valence electrons. The summed E-state index contributed by atoms with van der Waals surface area (Å²) < 4.78 is 26.8. The average molecular weight is 391 g/mol. The third kappa shape index (κ3) is 4.19. The van der Waals surface area contributed by atoms with E-state index in [-0.39, 0.29) is 17.9 Å². The molecule has 0 bridgehead atoms. The van der Waals surface area contributed by atoms with E-state index >= 15 is 0 Å². The van der Waals surface area contributed by atoms with Crippen molar-refractivity contribution in [2.24, 2.45) is 5.41 Å². The second-order valence-electron chi connectivity index (χ2n) is 7.84. The summed E-state index contributed by atoms with van der Waals surface area (Å²) in [4.78, 5) is 21.2. The van der Waals surface area contributed by atoms with E-state index in [1.165, 1.54) is 12.1 Å². The Kier molecular flexibility index (Phi) is 4.99. The highest BCUT2D eigenvalue weighted by Gasteiger charge is 2.44. The zero-order valence-electron chi connectivity index (χ0n) is 15.4. The number of carbonyl (C=O) groups excluding carboxylic acids is 1. The quantitative estimate of drug-likeness (QED) is 0.797. The summed E-state index contributed by atoms with van der Waals surface area (Å²) in [6, 6.07) is 3.47. The fourth-order valence-electron chi connectivity index (χ4n) is 4.28. The second kappa shape index (κ2) is 7.28. The van der Waals surface area contributed by atoms with Gasteiger partial charge in [-0.15, -0.1) is 11.3 Å². The van der Waals surface area contributed by atoms with Crippen molar-refractivity contribution in [1.29, 1.82) is 0 Å². The third-order valence-corrected chi connectivity index (χ3v) is 6.49. The number of piperidine rings is 1. The topological polar surface area (TPSA) is 36.4 Å². The van der Waals surface area contributed by atoms with Crippen LogP contribution in [0.3, 0.4) is 0 Å². The molecule has 0 aliphatic carbocycles. The minimum Gasteiger partial charge on any atom is -0.338 e. The van der Waals surface area contributed by atoms with Gasteiger partial charge in [0.15, 0.2) is 0 Å². The zero-order chi connectivity index (χ0) is 19.0. The maximum atomic E-state index is 13.4. The number of nitrogens with zero attached hydrogens (tertiary/aromatic N) is 3. The number of benzene rings is 1. The van der Waals surface area contributed by atoms with Gasteiger partial charge in [-0.25, -0.2) is 13.8 Å². The molecule has 3 heterocycles. The van der Waals surface area contributed by atoms with Gasteiger partial charge in [-0.05, 0) is 56.0 Å². The summed E-state index contributed by atoms with van der Waals surface area (Å²) in [5.41, 5.74) is 1.62. The van der Waals surface area contributed by atoms with Crippen molar-refractivity contribution >= 4 is 17.2 Å². The zero-order valence-corrected chi connectivity index (χ0v) is 16.2. The van der Waals surface area contributed by atoms with Crippen LogP contribution in [0.15, 0.2) is 23.6 Å². The van der Waals surface area contributed by atoms with Crippen LogP contribution >= 0.6 is 11.3 Å². The number of rotatable bonds is 4. The molecule has 0 atom stereocenters. The molecule has 0 radical (unpaired) electrons. The molecule has 7 heteroatoms. The molecule has 2 fully saturated rings. The summed E-state index contributed by atoms with van der Waals surface area (Å²) in [6.07, 6.45) is 2.47. The molecule has 4 nitrogen and oxygen atoms in total. The van der Waals surface area contributed by atoms with Crippen molar-refractivity contribution in [3.8, 4) is 0 Å². The van der Waals surface area contributed by atoms with Crippen molar-refractivity contribution in [3.63, 3.8) is 0 Å². The van der Waals surface area contributed by atoms with Crippen LogP contribution in [0.1, 0.15) is 35.5 Å². The van der Waals surface area contributed by atoms with E-state index in [0.717, 1.165) is 49.2 Å².